The second-order valence-corrected chi connectivity index (χ2v) is 4.12. The largest absolute Gasteiger partial charge is 0.457 e. The minimum Gasteiger partial charge on any atom is -0.457 e. The molecule has 0 saturated carbocycles. The molecule has 0 bridgehead atoms. The smallest absolute Gasteiger partial charge is 0.354 e. The van der Waals surface area contributed by atoms with Crippen LogP contribution >= 0.6 is 35.2 Å². The van der Waals surface area contributed by atoms with Crippen molar-refractivity contribution in [1.29, 1.82) is 0 Å². The molecule has 0 radical (unpaired) electrons. The third-order valence-electron chi connectivity index (χ3n) is 1.81. The molecule has 0 heterocycles. The van der Waals surface area contributed by atoms with Crippen LogP contribution in [0.15, 0.2) is 23.9 Å². The Kier molecular flexibility index (Phi) is 10.3. The molecule has 0 atom stereocenters. The van der Waals surface area contributed by atoms with Crippen LogP contribution in [0.25, 0.3) is 0 Å². The topological polar surface area (TPSA) is 55.4 Å². The number of hydrogen-bond acceptors (Lipinski definition) is 5. The standard InChI is InChI=1S/C11H16INO3S/c1-2-6-16-11(15)10(9(7-12)8-17)13-4-3-5-14/h2,5,13,17H,1,3-4,6-8H2/b10-9-. The van der Waals surface area contributed by atoms with Gasteiger partial charge in [-0.3, -0.25) is 0 Å². The summed E-state index contributed by atoms with van der Waals surface area (Å²) in [4.78, 5) is 22.0. The highest BCUT2D eigenvalue weighted by Gasteiger charge is 2.14. The molecule has 0 aromatic rings. The Labute approximate surface area is 120 Å². The molecule has 0 aliphatic carbocycles. The Balaban J connectivity index is 4.69. The van der Waals surface area contributed by atoms with Crippen molar-refractivity contribution in [1.82, 2.24) is 5.32 Å². The van der Waals surface area contributed by atoms with Gasteiger partial charge in [-0.2, -0.15) is 12.6 Å². The van der Waals surface area contributed by atoms with E-state index in [1.54, 1.807) is 0 Å². The van der Waals surface area contributed by atoms with E-state index in [0.29, 0.717) is 28.8 Å². The van der Waals surface area contributed by atoms with E-state index in [1.165, 1.54) is 6.08 Å². The van der Waals surface area contributed by atoms with E-state index in [2.05, 4.69) is 47.1 Å². The number of aldehydes is 1. The lowest BCUT2D eigenvalue weighted by Gasteiger charge is -2.13. The number of carbonyl (C=O) groups excluding carboxylic acids is 2. The molecule has 17 heavy (non-hydrogen) atoms. The van der Waals surface area contributed by atoms with E-state index in [9.17, 15) is 9.59 Å². The Morgan fingerprint density at radius 3 is 2.71 bits per heavy atom. The van der Waals surface area contributed by atoms with Crippen LogP contribution < -0.4 is 5.32 Å². The van der Waals surface area contributed by atoms with Crippen molar-refractivity contribution in [2.45, 2.75) is 6.42 Å². The second-order valence-electron chi connectivity index (χ2n) is 3.04. The average Bonchev–Trinajstić information content (AvgIpc) is 2.35. The van der Waals surface area contributed by atoms with Gasteiger partial charge in [-0.05, 0) is 5.57 Å². The normalized spacial score (nSPS) is 11.4. The van der Waals surface area contributed by atoms with Crippen molar-refractivity contribution in [2.75, 3.05) is 23.3 Å². The maximum atomic E-state index is 11.7. The lowest BCUT2D eigenvalue weighted by molar-refractivity contribution is -0.138. The molecular formula is C11H16INO3S. The molecule has 0 fully saturated rings. The van der Waals surface area contributed by atoms with Gasteiger partial charge in [-0.1, -0.05) is 35.2 Å². The third-order valence-corrected chi connectivity index (χ3v) is 3.11. The van der Waals surface area contributed by atoms with Crippen LogP contribution in [-0.4, -0.2) is 35.6 Å². The van der Waals surface area contributed by atoms with Gasteiger partial charge in [0.15, 0.2) is 0 Å². The van der Waals surface area contributed by atoms with Crippen molar-refractivity contribution in [3.63, 3.8) is 0 Å². The molecule has 0 aliphatic heterocycles. The highest BCUT2D eigenvalue weighted by Crippen LogP contribution is 2.10. The number of halogens is 1. The van der Waals surface area contributed by atoms with Crippen molar-refractivity contribution >= 4 is 47.5 Å². The fourth-order valence-electron chi connectivity index (χ4n) is 0.993. The predicted molar refractivity (Wildman–Crippen MR) is 79.6 cm³/mol. The summed E-state index contributed by atoms with van der Waals surface area (Å²) in [6.07, 6.45) is 2.65. The molecule has 0 amide bonds. The molecule has 4 nitrogen and oxygen atoms in total. The predicted octanol–water partition coefficient (Wildman–Crippen LogP) is 1.51. The highest BCUT2D eigenvalue weighted by atomic mass is 127. The third kappa shape index (κ3) is 6.72. The van der Waals surface area contributed by atoms with E-state index in [0.717, 1.165) is 11.9 Å². The van der Waals surface area contributed by atoms with Crippen LogP contribution in [0.1, 0.15) is 6.42 Å². The number of esters is 1. The molecular weight excluding hydrogens is 353 g/mol. The molecule has 0 unspecified atom stereocenters. The van der Waals surface area contributed by atoms with Gasteiger partial charge in [-0.15, -0.1) is 0 Å². The van der Waals surface area contributed by atoms with Gasteiger partial charge in [0, 0.05) is 23.1 Å². The summed E-state index contributed by atoms with van der Waals surface area (Å²) in [7, 11) is 0. The average molecular weight is 369 g/mol. The van der Waals surface area contributed by atoms with Gasteiger partial charge in [0.1, 0.15) is 18.6 Å². The molecule has 0 aromatic heterocycles. The number of nitrogens with one attached hydrogen (secondary N) is 1. The number of thiol groups is 1. The minimum absolute atomic E-state index is 0.165. The monoisotopic (exact) mass is 369 g/mol. The first kappa shape index (κ1) is 16.5. The summed E-state index contributed by atoms with van der Waals surface area (Å²) in [5, 5.41) is 2.92. The van der Waals surface area contributed by atoms with Crippen molar-refractivity contribution in [2.24, 2.45) is 0 Å². The van der Waals surface area contributed by atoms with Crippen molar-refractivity contribution in [3.05, 3.63) is 23.9 Å². The van der Waals surface area contributed by atoms with Crippen LogP contribution in [0.4, 0.5) is 0 Å². The number of ether oxygens (including phenoxy) is 1. The lowest BCUT2D eigenvalue weighted by Crippen LogP contribution is -2.26. The van der Waals surface area contributed by atoms with Crippen LogP contribution in [0, 0.1) is 0 Å². The van der Waals surface area contributed by atoms with E-state index in [4.69, 9.17) is 4.74 Å². The van der Waals surface area contributed by atoms with Gasteiger partial charge < -0.3 is 14.8 Å². The van der Waals surface area contributed by atoms with Crippen LogP contribution in [0.3, 0.4) is 0 Å². The quantitative estimate of drug-likeness (QED) is 0.0946. The van der Waals surface area contributed by atoms with Gasteiger partial charge in [-0.25, -0.2) is 4.79 Å². The Bertz CT molecular complexity index is 299. The molecule has 0 rings (SSSR count). The maximum absolute atomic E-state index is 11.7. The molecule has 0 saturated heterocycles. The first-order valence-electron chi connectivity index (χ1n) is 5.05. The zero-order chi connectivity index (χ0) is 13.1. The SMILES string of the molecule is C=CCOC(=O)/C(NCCC=O)=C(/CS)CI. The maximum Gasteiger partial charge on any atom is 0.354 e. The van der Waals surface area contributed by atoms with Crippen LogP contribution in [0.5, 0.6) is 0 Å². The van der Waals surface area contributed by atoms with Crippen LogP contribution in [0.2, 0.25) is 0 Å². The molecule has 0 spiro atoms. The summed E-state index contributed by atoms with van der Waals surface area (Å²) < 4.78 is 5.64. The number of hydrogen-bond donors (Lipinski definition) is 2. The first-order chi connectivity index (χ1) is 8.21. The Morgan fingerprint density at radius 2 is 2.24 bits per heavy atom. The van der Waals surface area contributed by atoms with Crippen molar-refractivity contribution in [3.8, 4) is 0 Å². The summed E-state index contributed by atoms with van der Waals surface area (Å²) in [5.74, 6) is 0.0340. The molecule has 0 aliphatic rings. The molecule has 0 aromatic carbocycles. The highest BCUT2D eigenvalue weighted by molar-refractivity contribution is 14.1. The van der Waals surface area contributed by atoms with E-state index >= 15 is 0 Å². The lowest BCUT2D eigenvalue weighted by atomic mass is 10.2. The molecule has 1 N–H and O–H groups in total. The first-order valence-corrected chi connectivity index (χ1v) is 7.21. The Morgan fingerprint density at radius 1 is 1.53 bits per heavy atom. The fourth-order valence-corrected chi connectivity index (χ4v) is 2.34. The van der Waals surface area contributed by atoms with E-state index < -0.39 is 5.97 Å². The summed E-state index contributed by atoms with van der Waals surface area (Å²) in [6, 6.07) is 0. The van der Waals surface area contributed by atoms with Gasteiger partial charge in [0.25, 0.3) is 0 Å². The molecule has 6 heteroatoms. The number of alkyl halides is 1. The van der Waals surface area contributed by atoms with Crippen LogP contribution in [-0.2, 0) is 14.3 Å². The fraction of sp³-hybridized carbons (Fsp3) is 0.455. The van der Waals surface area contributed by atoms with Crippen molar-refractivity contribution < 1.29 is 14.3 Å². The minimum atomic E-state index is -0.434. The zero-order valence-electron chi connectivity index (χ0n) is 9.45. The zero-order valence-corrected chi connectivity index (χ0v) is 12.5. The van der Waals surface area contributed by atoms with Gasteiger partial charge in [0.2, 0.25) is 0 Å². The molecule has 96 valence electrons. The van der Waals surface area contributed by atoms with Gasteiger partial charge in [0.05, 0.1) is 0 Å². The second kappa shape index (κ2) is 10.6. The Hall–Kier alpha value is -0.500. The summed E-state index contributed by atoms with van der Waals surface area (Å²) in [5.41, 5.74) is 1.26. The van der Waals surface area contributed by atoms with E-state index in [-0.39, 0.29) is 6.61 Å². The van der Waals surface area contributed by atoms with E-state index in [1.807, 2.05) is 0 Å². The number of carbonyl (C=O) groups is 2. The number of rotatable bonds is 9. The van der Waals surface area contributed by atoms with Gasteiger partial charge >= 0.3 is 5.97 Å². The summed E-state index contributed by atoms with van der Waals surface area (Å²) in [6.45, 7) is 4.05. The summed E-state index contributed by atoms with van der Waals surface area (Å²) >= 11 is 6.32.